The molecule has 13 heavy (non-hydrogen) atoms. The average molecular weight is 198 g/mol. The third kappa shape index (κ3) is 8.00. The van der Waals surface area contributed by atoms with Gasteiger partial charge >= 0.3 is 0 Å². The molecule has 0 bridgehead atoms. The van der Waals surface area contributed by atoms with E-state index in [0.717, 1.165) is 25.4 Å². The van der Waals surface area contributed by atoms with Crippen molar-refractivity contribution in [3.05, 3.63) is 25.3 Å². The molecule has 2 heteroatoms. The normalized spacial score (nSPS) is 11.2. The Bertz CT molecular complexity index is 124. The van der Waals surface area contributed by atoms with E-state index in [1.165, 1.54) is 12.8 Å². The third-order valence-corrected chi connectivity index (χ3v) is 2.80. The second-order valence-corrected chi connectivity index (χ2v) is 4.24. The number of rotatable bonds is 9. The highest BCUT2D eigenvalue weighted by Crippen LogP contribution is 2.16. The summed E-state index contributed by atoms with van der Waals surface area (Å²) in [5, 5.41) is 0. The van der Waals surface area contributed by atoms with Crippen molar-refractivity contribution in [1.82, 2.24) is 0 Å². The second kappa shape index (κ2) is 9.74. The molecule has 0 N–H and O–H groups in total. The van der Waals surface area contributed by atoms with Crippen LogP contribution in [0, 0.1) is 5.92 Å². The SMILES string of the molecule is C=CCC(CC=C)CCCO[SiH2]C. The minimum absolute atomic E-state index is 0.194. The lowest BCUT2D eigenvalue weighted by Crippen LogP contribution is -2.02. The van der Waals surface area contributed by atoms with Gasteiger partial charge in [-0.2, -0.15) is 0 Å². The van der Waals surface area contributed by atoms with Crippen molar-refractivity contribution in [2.75, 3.05) is 6.61 Å². The molecule has 0 radical (unpaired) electrons. The van der Waals surface area contributed by atoms with Crippen LogP contribution in [0.3, 0.4) is 0 Å². The molecular weight excluding hydrogens is 176 g/mol. The summed E-state index contributed by atoms with van der Waals surface area (Å²) in [5.74, 6) is 0.733. The van der Waals surface area contributed by atoms with Gasteiger partial charge in [0.1, 0.15) is 0 Å². The molecule has 0 aromatic carbocycles. The van der Waals surface area contributed by atoms with Crippen LogP contribution < -0.4 is 0 Å². The fourth-order valence-corrected chi connectivity index (χ4v) is 1.91. The summed E-state index contributed by atoms with van der Waals surface area (Å²) in [6.07, 6.45) is 8.65. The molecule has 0 aromatic heterocycles. The molecular formula is C11H22OSi. The lowest BCUT2D eigenvalue weighted by Gasteiger charge is -2.12. The van der Waals surface area contributed by atoms with E-state index in [1.54, 1.807) is 0 Å². The van der Waals surface area contributed by atoms with Crippen LogP contribution in [0.15, 0.2) is 25.3 Å². The molecule has 0 unspecified atom stereocenters. The van der Waals surface area contributed by atoms with Crippen molar-refractivity contribution >= 4 is 9.76 Å². The Morgan fingerprint density at radius 3 is 2.38 bits per heavy atom. The van der Waals surface area contributed by atoms with Crippen molar-refractivity contribution in [3.8, 4) is 0 Å². The monoisotopic (exact) mass is 198 g/mol. The number of hydrogen-bond acceptors (Lipinski definition) is 1. The lowest BCUT2D eigenvalue weighted by atomic mass is 9.96. The van der Waals surface area contributed by atoms with Gasteiger partial charge in [-0.25, -0.2) is 0 Å². The molecule has 0 aromatic rings. The zero-order chi connectivity index (χ0) is 9.94. The Morgan fingerprint density at radius 1 is 1.31 bits per heavy atom. The summed E-state index contributed by atoms with van der Waals surface area (Å²) in [6, 6.07) is 0. The van der Waals surface area contributed by atoms with Crippen molar-refractivity contribution in [2.45, 2.75) is 32.2 Å². The maximum atomic E-state index is 5.43. The molecule has 0 amide bonds. The van der Waals surface area contributed by atoms with Gasteiger partial charge in [0, 0.05) is 6.61 Å². The van der Waals surface area contributed by atoms with Crippen LogP contribution in [-0.2, 0) is 4.43 Å². The summed E-state index contributed by atoms with van der Waals surface area (Å²) < 4.78 is 5.43. The Morgan fingerprint density at radius 2 is 1.92 bits per heavy atom. The smallest absolute Gasteiger partial charge is 0.158 e. The van der Waals surface area contributed by atoms with E-state index in [0.29, 0.717) is 0 Å². The Hall–Kier alpha value is -0.343. The van der Waals surface area contributed by atoms with Gasteiger partial charge in [-0.3, -0.25) is 0 Å². The Labute approximate surface area is 84.8 Å². The second-order valence-electron chi connectivity index (χ2n) is 3.25. The predicted molar refractivity (Wildman–Crippen MR) is 62.7 cm³/mol. The van der Waals surface area contributed by atoms with E-state index in [9.17, 15) is 0 Å². The van der Waals surface area contributed by atoms with Crippen LogP contribution in [0.4, 0.5) is 0 Å². The van der Waals surface area contributed by atoms with Gasteiger partial charge in [-0.15, -0.1) is 13.2 Å². The van der Waals surface area contributed by atoms with Gasteiger partial charge in [-0.05, 0) is 31.6 Å². The molecule has 0 spiro atoms. The molecule has 0 atom stereocenters. The summed E-state index contributed by atoms with van der Waals surface area (Å²) in [4.78, 5) is 0. The zero-order valence-electron chi connectivity index (χ0n) is 8.80. The van der Waals surface area contributed by atoms with E-state index in [1.807, 2.05) is 12.2 Å². The van der Waals surface area contributed by atoms with Crippen LogP contribution in [0.1, 0.15) is 25.7 Å². The molecule has 0 aliphatic heterocycles. The Kier molecular flexibility index (Phi) is 9.49. The van der Waals surface area contributed by atoms with Gasteiger partial charge in [0.25, 0.3) is 0 Å². The fraction of sp³-hybridized carbons (Fsp3) is 0.636. The lowest BCUT2D eigenvalue weighted by molar-refractivity contribution is 0.308. The minimum atomic E-state index is -0.194. The molecule has 0 heterocycles. The van der Waals surface area contributed by atoms with Gasteiger partial charge in [0.05, 0.1) is 0 Å². The van der Waals surface area contributed by atoms with Crippen LogP contribution in [0.2, 0.25) is 6.55 Å². The van der Waals surface area contributed by atoms with Crippen molar-refractivity contribution < 1.29 is 4.43 Å². The number of hydrogen-bond donors (Lipinski definition) is 0. The van der Waals surface area contributed by atoms with Gasteiger partial charge in [0.2, 0.25) is 0 Å². The quantitative estimate of drug-likeness (QED) is 0.314. The van der Waals surface area contributed by atoms with E-state index in [-0.39, 0.29) is 9.76 Å². The summed E-state index contributed by atoms with van der Waals surface area (Å²) >= 11 is 0. The number of allylic oxidation sites excluding steroid dienone is 2. The molecule has 0 aliphatic rings. The third-order valence-electron chi connectivity index (χ3n) is 2.11. The first kappa shape index (κ1) is 12.7. The van der Waals surface area contributed by atoms with Gasteiger partial charge in [0.15, 0.2) is 9.76 Å². The van der Waals surface area contributed by atoms with E-state index < -0.39 is 0 Å². The van der Waals surface area contributed by atoms with Crippen LogP contribution in [0.25, 0.3) is 0 Å². The molecule has 0 rings (SSSR count). The van der Waals surface area contributed by atoms with Crippen LogP contribution in [0.5, 0.6) is 0 Å². The topological polar surface area (TPSA) is 9.23 Å². The first-order valence-electron chi connectivity index (χ1n) is 5.14. The van der Waals surface area contributed by atoms with E-state index in [4.69, 9.17) is 4.43 Å². The zero-order valence-corrected chi connectivity index (χ0v) is 10.2. The maximum Gasteiger partial charge on any atom is 0.158 e. The largest absolute Gasteiger partial charge is 0.424 e. The molecule has 0 aliphatic carbocycles. The van der Waals surface area contributed by atoms with Crippen LogP contribution in [-0.4, -0.2) is 16.4 Å². The van der Waals surface area contributed by atoms with Crippen molar-refractivity contribution in [3.63, 3.8) is 0 Å². The first-order valence-corrected chi connectivity index (χ1v) is 7.13. The molecule has 0 saturated carbocycles. The predicted octanol–water partition coefficient (Wildman–Crippen LogP) is 2.68. The van der Waals surface area contributed by atoms with Gasteiger partial charge < -0.3 is 4.43 Å². The summed E-state index contributed by atoms with van der Waals surface area (Å²) in [7, 11) is -0.194. The summed E-state index contributed by atoms with van der Waals surface area (Å²) in [5.41, 5.74) is 0. The van der Waals surface area contributed by atoms with E-state index >= 15 is 0 Å². The average Bonchev–Trinajstić information content (AvgIpc) is 2.13. The maximum absolute atomic E-state index is 5.43. The first-order chi connectivity index (χ1) is 6.35. The summed E-state index contributed by atoms with van der Waals surface area (Å²) in [6.45, 7) is 10.7. The molecule has 0 fully saturated rings. The van der Waals surface area contributed by atoms with Crippen LogP contribution >= 0.6 is 0 Å². The van der Waals surface area contributed by atoms with E-state index in [2.05, 4.69) is 19.7 Å². The molecule has 0 saturated heterocycles. The molecule has 76 valence electrons. The molecule has 1 nitrogen and oxygen atoms in total. The highest BCUT2D eigenvalue weighted by Gasteiger charge is 2.03. The standard InChI is InChI=1S/C11H22OSi/c1-4-7-11(8-5-2)9-6-10-12-13-3/h4-5,11H,1-2,6-10,13H2,3H3. The fourth-order valence-electron chi connectivity index (χ4n) is 1.42. The minimum Gasteiger partial charge on any atom is -0.424 e. The highest BCUT2D eigenvalue weighted by molar-refractivity contribution is 6.24. The highest BCUT2D eigenvalue weighted by atomic mass is 28.2. The van der Waals surface area contributed by atoms with Gasteiger partial charge in [-0.1, -0.05) is 18.7 Å². The van der Waals surface area contributed by atoms with Crippen molar-refractivity contribution in [1.29, 1.82) is 0 Å². The van der Waals surface area contributed by atoms with Crippen molar-refractivity contribution in [2.24, 2.45) is 5.92 Å². The Balaban J connectivity index is 3.43.